The molecule has 2 amide bonds. The number of ether oxygens (including phenoxy) is 2. The van der Waals surface area contributed by atoms with E-state index < -0.39 is 0 Å². The number of carbonyl (C=O) groups is 1. The van der Waals surface area contributed by atoms with Gasteiger partial charge in [0.05, 0.1) is 19.7 Å². The fraction of sp³-hybridized carbons (Fsp3) is 0.526. The summed E-state index contributed by atoms with van der Waals surface area (Å²) in [5.41, 5.74) is 0.816. The first-order valence-corrected chi connectivity index (χ1v) is 8.93. The van der Waals surface area contributed by atoms with Gasteiger partial charge >= 0.3 is 6.03 Å². The van der Waals surface area contributed by atoms with Crippen LogP contribution in [0.15, 0.2) is 40.3 Å². The lowest BCUT2D eigenvalue weighted by molar-refractivity contribution is 0.188. The van der Waals surface area contributed by atoms with E-state index in [0.29, 0.717) is 0 Å². The summed E-state index contributed by atoms with van der Waals surface area (Å²) in [5, 5.41) is 12.3. The molecule has 0 aliphatic carbocycles. The number of hydrogen-bond donors (Lipinski definition) is 1. The van der Waals surface area contributed by atoms with Crippen LogP contribution in [0.2, 0.25) is 0 Å². The van der Waals surface area contributed by atoms with E-state index in [1.54, 1.807) is 14.1 Å². The smallest absolute Gasteiger partial charge is 0.321 e. The second-order valence-corrected chi connectivity index (χ2v) is 5.51. The standard InChI is InChI=1S/C9H12N2O.C4H9O.2C3H5NO/c1-11(2)9(12)10-8-6-4-3-5-7-8;1-2-3-4-5;2*1-2-5-3-4-1/h3-7H,1-2H3,(H,10,12);2-4H2,1H3;2*3H,1-2H2. The van der Waals surface area contributed by atoms with Crippen molar-refractivity contribution in [3.8, 4) is 0 Å². The summed E-state index contributed by atoms with van der Waals surface area (Å²) in [6.45, 7) is 5.36. The molecule has 0 fully saturated rings. The van der Waals surface area contributed by atoms with E-state index in [4.69, 9.17) is 0 Å². The molecule has 151 valence electrons. The van der Waals surface area contributed by atoms with Gasteiger partial charge in [-0.15, -0.1) is 0 Å². The van der Waals surface area contributed by atoms with E-state index in [9.17, 15) is 9.90 Å². The van der Waals surface area contributed by atoms with Gasteiger partial charge in [0.2, 0.25) is 0 Å². The first-order valence-electron chi connectivity index (χ1n) is 8.93. The number of benzene rings is 1. The number of para-hydroxylation sites is 1. The van der Waals surface area contributed by atoms with E-state index in [-0.39, 0.29) is 12.6 Å². The summed E-state index contributed by atoms with van der Waals surface area (Å²) in [4.78, 5) is 20.1. The second kappa shape index (κ2) is 18.2. The van der Waals surface area contributed by atoms with Crippen LogP contribution in [0.3, 0.4) is 0 Å². The second-order valence-electron chi connectivity index (χ2n) is 5.51. The molecule has 8 heteroatoms. The highest BCUT2D eigenvalue weighted by Gasteiger charge is 2.01. The van der Waals surface area contributed by atoms with Gasteiger partial charge in [-0.25, -0.2) is 9.90 Å². The maximum Gasteiger partial charge on any atom is 0.321 e. The quantitative estimate of drug-likeness (QED) is 0.874. The van der Waals surface area contributed by atoms with Crippen molar-refractivity contribution in [2.45, 2.75) is 19.8 Å². The molecule has 27 heavy (non-hydrogen) atoms. The Balaban J connectivity index is 0.000000373. The summed E-state index contributed by atoms with van der Waals surface area (Å²) in [5.74, 6) is 0. The lowest BCUT2D eigenvalue weighted by atomic mass is 10.3. The molecule has 1 N–H and O–H groups in total. The van der Waals surface area contributed by atoms with Crippen LogP contribution < -0.4 is 5.32 Å². The summed E-state index contributed by atoms with van der Waals surface area (Å²) >= 11 is 0. The third kappa shape index (κ3) is 16.6. The van der Waals surface area contributed by atoms with E-state index in [0.717, 1.165) is 44.8 Å². The Morgan fingerprint density at radius 1 is 1.07 bits per heavy atom. The maximum atomic E-state index is 11.1. The van der Waals surface area contributed by atoms with Crippen LogP contribution in [0, 0.1) is 0 Å². The van der Waals surface area contributed by atoms with Gasteiger partial charge in [0.15, 0.2) is 12.8 Å². The minimum absolute atomic E-state index is 0.0938. The van der Waals surface area contributed by atoms with E-state index in [1.165, 1.54) is 17.7 Å². The summed E-state index contributed by atoms with van der Waals surface area (Å²) in [6.07, 6.45) is 4.84. The largest absolute Gasteiger partial charge is 0.482 e. The molecule has 3 rings (SSSR count). The molecule has 8 nitrogen and oxygen atoms in total. The minimum Gasteiger partial charge on any atom is -0.482 e. The Labute approximate surface area is 161 Å². The number of urea groups is 1. The molecule has 2 heterocycles. The summed E-state index contributed by atoms with van der Waals surface area (Å²) in [6, 6.07) is 9.26. The van der Waals surface area contributed by atoms with Crippen LogP contribution in [-0.2, 0) is 14.6 Å². The minimum atomic E-state index is -0.110. The fourth-order valence-electron chi connectivity index (χ4n) is 1.43. The van der Waals surface area contributed by atoms with Gasteiger partial charge in [-0.05, 0) is 18.6 Å². The van der Waals surface area contributed by atoms with Gasteiger partial charge in [-0.2, -0.15) is 0 Å². The Kier molecular flexibility index (Phi) is 16.4. The lowest BCUT2D eigenvalue weighted by Crippen LogP contribution is -2.27. The SMILES string of the molecule is C1=NCCO1.C1=NCCO1.CCCC[O].CN(C)C(=O)Nc1ccccc1. The number of hydrogen-bond acceptors (Lipinski definition) is 5. The fourth-order valence-corrected chi connectivity index (χ4v) is 1.43. The van der Waals surface area contributed by atoms with Crippen LogP contribution in [0.4, 0.5) is 10.5 Å². The van der Waals surface area contributed by atoms with Gasteiger partial charge < -0.3 is 19.7 Å². The Morgan fingerprint density at radius 3 is 1.89 bits per heavy atom. The first-order chi connectivity index (χ1) is 13.1. The van der Waals surface area contributed by atoms with E-state index >= 15 is 0 Å². The van der Waals surface area contributed by atoms with Gasteiger partial charge in [0.25, 0.3) is 0 Å². The molecule has 1 radical (unpaired) electrons. The highest BCUT2D eigenvalue weighted by molar-refractivity contribution is 5.88. The molecule has 0 saturated carbocycles. The molecular weight excluding hydrogens is 348 g/mol. The topological polar surface area (TPSA) is 95.4 Å². The number of rotatable bonds is 3. The van der Waals surface area contributed by atoms with Gasteiger partial charge in [-0.1, -0.05) is 31.5 Å². The number of nitrogens with one attached hydrogen (secondary N) is 1. The maximum absolute atomic E-state index is 11.1. The Morgan fingerprint density at radius 2 is 1.63 bits per heavy atom. The van der Waals surface area contributed by atoms with Crippen molar-refractivity contribution >= 4 is 24.5 Å². The molecule has 1 aromatic carbocycles. The van der Waals surface area contributed by atoms with Crippen molar-refractivity contribution in [2.24, 2.45) is 9.98 Å². The highest BCUT2D eigenvalue weighted by Crippen LogP contribution is 2.04. The monoisotopic (exact) mass is 379 g/mol. The van der Waals surface area contributed by atoms with Gasteiger partial charge in [-0.3, -0.25) is 9.98 Å². The number of amides is 2. The van der Waals surface area contributed by atoms with Crippen molar-refractivity contribution < 1.29 is 19.4 Å². The van der Waals surface area contributed by atoms with Crippen molar-refractivity contribution in [1.29, 1.82) is 0 Å². The zero-order valence-corrected chi connectivity index (χ0v) is 16.5. The Bertz CT molecular complexity index is 492. The van der Waals surface area contributed by atoms with Crippen LogP contribution in [0.1, 0.15) is 19.8 Å². The molecule has 1 aromatic rings. The van der Waals surface area contributed by atoms with Crippen molar-refractivity contribution in [1.82, 2.24) is 4.90 Å². The summed E-state index contributed by atoms with van der Waals surface area (Å²) in [7, 11) is 3.41. The van der Waals surface area contributed by atoms with Crippen molar-refractivity contribution in [2.75, 3.05) is 52.3 Å². The zero-order chi connectivity index (χ0) is 20.2. The average molecular weight is 379 g/mol. The molecule has 0 saturated heterocycles. The van der Waals surface area contributed by atoms with Gasteiger partial charge in [0, 0.05) is 19.8 Å². The highest BCUT2D eigenvalue weighted by atomic mass is 16.5. The average Bonchev–Trinajstić information content (AvgIpc) is 3.42. The van der Waals surface area contributed by atoms with Crippen molar-refractivity contribution in [3.05, 3.63) is 30.3 Å². The zero-order valence-electron chi connectivity index (χ0n) is 16.5. The normalized spacial score (nSPS) is 12.7. The molecule has 0 aromatic heterocycles. The van der Waals surface area contributed by atoms with Gasteiger partial charge in [0.1, 0.15) is 13.2 Å². The number of carbonyl (C=O) groups excluding carboxylic acids is 1. The molecule has 0 atom stereocenters. The summed E-state index contributed by atoms with van der Waals surface area (Å²) < 4.78 is 9.31. The van der Waals surface area contributed by atoms with E-state index in [2.05, 4.69) is 24.8 Å². The predicted octanol–water partition coefficient (Wildman–Crippen LogP) is 3.09. The lowest BCUT2D eigenvalue weighted by Gasteiger charge is -2.11. The Hall–Kier alpha value is -2.61. The number of aliphatic imine (C=N–C) groups is 2. The molecular formula is C19H31N4O4. The molecule has 0 unspecified atom stereocenters. The number of nitrogens with zero attached hydrogens (tertiary/aromatic N) is 3. The van der Waals surface area contributed by atoms with Crippen LogP contribution in [0.25, 0.3) is 0 Å². The third-order valence-corrected chi connectivity index (χ3v) is 2.90. The van der Waals surface area contributed by atoms with Crippen LogP contribution in [-0.4, -0.2) is 70.7 Å². The molecule has 2 aliphatic rings. The van der Waals surface area contributed by atoms with Crippen LogP contribution in [0.5, 0.6) is 0 Å². The molecule has 0 bridgehead atoms. The molecule has 0 spiro atoms. The van der Waals surface area contributed by atoms with E-state index in [1.807, 2.05) is 37.3 Å². The predicted molar refractivity (Wildman–Crippen MR) is 108 cm³/mol. The number of anilines is 1. The first kappa shape index (κ1) is 24.4. The third-order valence-electron chi connectivity index (χ3n) is 2.90. The number of unbranched alkanes of at least 4 members (excludes halogenated alkanes) is 1. The molecule has 2 aliphatic heterocycles. The van der Waals surface area contributed by atoms with Crippen molar-refractivity contribution in [3.63, 3.8) is 0 Å². The van der Waals surface area contributed by atoms with Crippen LogP contribution >= 0.6 is 0 Å².